The molecule has 0 saturated carbocycles. The van der Waals surface area contributed by atoms with E-state index in [0.717, 1.165) is 28.3 Å². The number of aromatic nitrogens is 3. The van der Waals surface area contributed by atoms with Gasteiger partial charge in [0.15, 0.2) is 0 Å². The zero-order valence-electron chi connectivity index (χ0n) is 15.0. The number of aromatic amines is 1. The minimum absolute atomic E-state index is 0.0909. The summed E-state index contributed by atoms with van der Waals surface area (Å²) in [5.41, 5.74) is 3.48. The van der Waals surface area contributed by atoms with E-state index in [4.69, 9.17) is 4.74 Å². The Hall–Kier alpha value is -3.54. The zero-order valence-corrected chi connectivity index (χ0v) is 15.0. The van der Waals surface area contributed by atoms with Crippen LogP contribution in [0, 0.1) is 0 Å². The summed E-state index contributed by atoms with van der Waals surface area (Å²) in [6.45, 7) is 0.509. The third-order valence-electron chi connectivity index (χ3n) is 4.42. The number of methoxy groups -OCH3 is 1. The highest BCUT2D eigenvalue weighted by atomic mass is 16.5. The van der Waals surface area contributed by atoms with Crippen molar-refractivity contribution in [3.05, 3.63) is 78.4 Å². The number of nitrogens with one attached hydrogen (secondary N) is 2. The highest BCUT2D eigenvalue weighted by Crippen LogP contribution is 2.18. The second-order valence-corrected chi connectivity index (χ2v) is 6.21. The van der Waals surface area contributed by atoms with E-state index in [1.807, 2.05) is 71.6 Å². The molecule has 0 bridgehead atoms. The number of hydrogen-bond acceptors (Lipinski definition) is 3. The zero-order chi connectivity index (χ0) is 18.6. The quantitative estimate of drug-likeness (QED) is 0.554. The summed E-state index contributed by atoms with van der Waals surface area (Å²) < 4.78 is 7.22. The van der Waals surface area contributed by atoms with Crippen molar-refractivity contribution in [1.29, 1.82) is 0 Å². The lowest BCUT2D eigenvalue weighted by atomic mass is 10.2. The van der Waals surface area contributed by atoms with Gasteiger partial charge in [0.25, 0.3) is 5.91 Å². The number of nitrogens with zero attached hydrogens (tertiary/aromatic N) is 2. The Morgan fingerprint density at radius 3 is 2.67 bits per heavy atom. The Labute approximate surface area is 156 Å². The molecule has 0 fully saturated rings. The molecule has 0 radical (unpaired) electrons. The maximum absolute atomic E-state index is 12.3. The maximum Gasteiger partial charge on any atom is 0.251 e. The molecule has 0 unspecified atom stereocenters. The molecule has 6 nitrogen and oxygen atoms in total. The third-order valence-corrected chi connectivity index (χ3v) is 4.42. The van der Waals surface area contributed by atoms with E-state index in [0.29, 0.717) is 18.5 Å². The number of rotatable bonds is 6. The van der Waals surface area contributed by atoms with Crippen molar-refractivity contribution >= 4 is 16.9 Å². The van der Waals surface area contributed by atoms with E-state index in [2.05, 4.69) is 15.3 Å². The van der Waals surface area contributed by atoms with Crippen LogP contribution >= 0.6 is 0 Å². The number of fused-ring (bicyclic) bond motifs is 1. The standard InChI is InChI=1S/C21H20N4O2/c1-27-17-8-9-18-19(14-17)24-20(23-18)10-11-22-21(26)15-4-6-16(7-5-15)25-12-2-3-13-25/h2-9,12-14H,10-11H2,1H3,(H,22,26)(H,23,24). The molecule has 6 heteroatoms. The van der Waals surface area contributed by atoms with Crippen LogP contribution in [0.15, 0.2) is 67.0 Å². The summed E-state index contributed by atoms with van der Waals surface area (Å²) in [5.74, 6) is 1.53. The first-order valence-electron chi connectivity index (χ1n) is 8.77. The van der Waals surface area contributed by atoms with Gasteiger partial charge >= 0.3 is 0 Å². The van der Waals surface area contributed by atoms with Gasteiger partial charge in [0.2, 0.25) is 0 Å². The number of H-pyrrole nitrogens is 1. The van der Waals surface area contributed by atoms with E-state index in [1.54, 1.807) is 7.11 Å². The van der Waals surface area contributed by atoms with Gasteiger partial charge in [-0.25, -0.2) is 4.98 Å². The van der Waals surface area contributed by atoms with E-state index < -0.39 is 0 Å². The van der Waals surface area contributed by atoms with Gasteiger partial charge in [-0.1, -0.05) is 0 Å². The highest BCUT2D eigenvalue weighted by molar-refractivity contribution is 5.94. The van der Waals surface area contributed by atoms with Gasteiger partial charge in [0.05, 0.1) is 18.1 Å². The van der Waals surface area contributed by atoms with Crippen LogP contribution in [0.1, 0.15) is 16.2 Å². The second kappa shape index (κ2) is 7.37. The monoisotopic (exact) mass is 360 g/mol. The van der Waals surface area contributed by atoms with E-state index in [-0.39, 0.29) is 5.91 Å². The van der Waals surface area contributed by atoms with Crippen LogP contribution in [-0.4, -0.2) is 34.1 Å². The molecule has 2 aromatic heterocycles. The molecule has 0 aliphatic carbocycles. The first kappa shape index (κ1) is 16.9. The van der Waals surface area contributed by atoms with Gasteiger partial charge in [-0.15, -0.1) is 0 Å². The first-order chi connectivity index (χ1) is 13.2. The van der Waals surface area contributed by atoms with Crippen molar-refractivity contribution < 1.29 is 9.53 Å². The molecule has 0 saturated heterocycles. The lowest BCUT2D eigenvalue weighted by molar-refractivity contribution is 0.0954. The van der Waals surface area contributed by atoms with Gasteiger partial charge in [-0.05, 0) is 48.5 Å². The predicted octanol–water partition coefficient (Wildman–Crippen LogP) is 3.33. The Balaban J connectivity index is 1.35. The molecule has 2 aromatic carbocycles. The number of carbonyl (C=O) groups excluding carboxylic acids is 1. The molecular weight excluding hydrogens is 340 g/mol. The summed E-state index contributed by atoms with van der Waals surface area (Å²) in [5, 5.41) is 2.94. The molecule has 0 aliphatic heterocycles. The number of imidazole rings is 1. The van der Waals surface area contributed by atoms with Crippen LogP contribution in [0.4, 0.5) is 0 Å². The van der Waals surface area contributed by atoms with Crippen molar-refractivity contribution in [2.45, 2.75) is 6.42 Å². The maximum atomic E-state index is 12.3. The number of hydrogen-bond donors (Lipinski definition) is 2. The first-order valence-corrected chi connectivity index (χ1v) is 8.77. The lowest BCUT2D eigenvalue weighted by Gasteiger charge is -2.06. The predicted molar refractivity (Wildman–Crippen MR) is 104 cm³/mol. The molecule has 0 aliphatic rings. The summed E-state index contributed by atoms with van der Waals surface area (Å²) >= 11 is 0. The summed E-state index contributed by atoms with van der Waals surface area (Å²) in [7, 11) is 1.64. The van der Waals surface area contributed by atoms with Gasteiger partial charge in [-0.2, -0.15) is 0 Å². The third kappa shape index (κ3) is 3.69. The molecule has 0 spiro atoms. The van der Waals surface area contributed by atoms with E-state index >= 15 is 0 Å². The number of benzene rings is 2. The summed E-state index contributed by atoms with van der Waals surface area (Å²) in [4.78, 5) is 20.1. The van der Waals surface area contributed by atoms with E-state index in [9.17, 15) is 4.79 Å². The lowest BCUT2D eigenvalue weighted by Crippen LogP contribution is -2.25. The SMILES string of the molecule is COc1ccc2nc(CCNC(=O)c3ccc(-n4cccc4)cc3)[nH]c2c1. The molecule has 0 atom stereocenters. The molecule has 1 amide bonds. The molecule has 4 aromatic rings. The van der Waals surface area contributed by atoms with Crippen LogP contribution < -0.4 is 10.1 Å². The number of amides is 1. The Morgan fingerprint density at radius 1 is 1.15 bits per heavy atom. The average Bonchev–Trinajstić information content (AvgIpc) is 3.37. The molecule has 2 N–H and O–H groups in total. The number of carbonyl (C=O) groups is 1. The van der Waals surface area contributed by atoms with Gasteiger partial charge in [0.1, 0.15) is 11.6 Å². The smallest absolute Gasteiger partial charge is 0.251 e. The number of ether oxygens (including phenoxy) is 1. The Bertz CT molecular complexity index is 1050. The molecule has 4 rings (SSSR count). The fourth-order valence-corrected chi connectivity index (χ4v) is 2.98. The fraction of sp³-hybridized carbons (Fsp3) is 0.143. The second-order valence-electron chi connectivity index (χ2n) is 6.21. The summed E-state index contributed by atoms with van der Waals surface area (Å²) in [6.07, 6.45) is 4.57. The van der Waals surface area contributed by atoms with Crippen molar-refractivity contribution in [3.63, 3.8) is 0 Å². The van der Waals surface area contributed by atoms with Crippen LogP contribution in [0.3, 0.4) is 0 Å². The molecule has 2 heterocycles. The van der Waals surface area contributed by atoms with Gasteiger partial charge < -0.3 is 19.6 Å². The van der Waals surface area contributed by atoms with Crippen LogP contribution in [0.5, 0.6) is 5.75 Å². The largest absolute Gasteiger partial charge is 0.497 e. The van der Waals surface area contributed by atoms with Crippen LogP contribution in [0.25, 0.3) is 16.7 Å². The average molecular weight is 360 g/mol. The molecule has 27 heavy (non-hydrogen) atoms. The Kier molecular flexibility index (Phi) is 4.61. The van der Waals surface area contributed by atoms with Crippen LogP contribution in [0.2, 0.25) is 0 Å². The minimum Gasteiger partial charge on any atom is -0.497 e. The van der Waals surface area contributed by atoms with Gasteiger partial charge in [0, 0.05) is 42.7 Å². The highest BCUT2D eigenvalue weighted by Gasteiger charge is 2.07. The van der Waals surface area contributed by atoms with Gasteiger partial charge in [-0.3, -0.25) is 4.79 Å². The van der Waals surface area contributed by atoms with Crippen molar-refractivity contribution in [2.24, 2.45) is 0 Å². The van der Waals surface area contributed by atoms with E-state index in [1.165, 1.54) is 0 Å². The van der Waals surface area contributed by atoms with Crippen molar-refractivity contribution in [3.8, 4) is 11.4 Å². The minimum atomic E-state index is -0.0909. The topological polar surface area (TPSA) is 71.9 Å². The molecule has 136 valence electrons. The Morgan fingerprint density at radius 2 is 1.93 bits per heavy atom. The van der Waals surface area contributed by atoms with Crippen molar-refractivity contribution in [2.75, 3.05) is 13.7 Å². The van der Waals surface area contributed by atoms with Crippen LogP contribution in [-0.2, 0) is 6.42 Å². The van der Waals surface area contributed by atoms with Crippen molar-refractivity contribution in [1.82, 2.24) is 19.9 Å². The molecular formula is C21H20N4O2. The fourth-order valence-electron chi connectivity index (χ4n) is 2.98. The normalized spacial score (nSPS) is 10.9. The summed E-state index contributed by atoms with van der Waals surface area (Å²) in [6, 6.07) is 17.2.